The summed E-state index contributed by atoms with van der Waals surface area (Å²) in [6, 6.07) is 20.3. The number of quaternary nitrogens is 1. The van der Waals surface area contributed by atoms with E-state index in [4.69, 9.17) is 10.2 Å². The molecule has 0 fully saturated rings. The Kier molecular flexibility index (Phi) is 4.92. The van der Waals surface area contributed by atoms with Crippen molar-refractivity contribution in [3.05, 3.63) is 82.5 Å². The molecule has 148 valence electrons. The SMILES string of the molecule is Cc1ccc([C@H]2[C@H]3C[NH+](Cc4ccccc4)CC=C3C(C#N)=C(N)C2(C#N)C#N)o1. The molecule has 1 aromatic carbocycles. The number of fused-ring (bicyclic) bond motifs is 1. The maximum Gasteiger partial charge on any atom is 0.194 e. The third-order valence-electron chi connectivity index (χ3n) is 6.20. The van der Waals surface area contributed by atoms with E-state index in [1.807, 2.05) is 43.3 Å². The fourth-order valence-electron chi connectivity index (χ4n) is 4.79. The first-order valence-corrected chi connectivity index (χ1v) is 9.91. The van der Waals surface area contributed by atoms with Gasteiger partial charge in [-0.2, -0.15) is 15.8 Å². The standard InChI is InChI=1S/C24H21N5O/c1-16-7-8-21(30-16)22-20-13-29(12-17-5-3-2-4-6-17)10-9-18(20)19(11-25)23(28)24(22,14-26)15-27/h2-9,20,22H,10,12-13,28H2,1H3/p+1/t20-,22+/m0/s1. The molecule has 0 saturated carbocycles. The van der Waals surface area contributed by atoms with Gasteiger partial charge in [-0.3, -0.25) is 0 Å². The molecule has 2 aromatic rings. The van der Waals surface area contributed by atoms with Crippen LogP contribution in [-0.2, 0) is 6.54 Å². The molecule has 30 heavy (non-hydrogen) atoms. The summed E-state index contributed by atoms with van der Waals surface area (Å²) in [5.41, 5.74) is 7.00. The van der Waals surface area contributed by atoms with Crippen LogP contribution in [0.4, 0.5) is 0 Å². The molecular formula is C24H22N5O+. The highest BCUT2D eigenvalue weighted by Crippen LogP contribution is 2.53. The van der Waals surface area contributed by atoms with Gasteiger partial charge in [0.25, 0.3) is 0 Å². The lowest BCUT2D eigenvalue weighted by Crippen LogP contribution is -3.12. The maximum absolute atomic E-state index is 10.1. The van der Waals surface area contributed by atoms with E-state index in [9.17, 15) is 15.8 Å². The van der Waals surface area contributed by atoms with Crippen molar-refractivity contribution in [2.45, 2.75) is 19.4 Å². The fourth-order valence-corrected chi connectivity index (χ4v) is 4.79. The average molecular weight is 396 g/mol. The number of benzene rings is 1. The van der Waals surface area contributed by atoms with Gasteiger partial charge < -0.3 is 15.1 Å². The predicted molar refractivity (Wildman–Crippen MR) is 109 cm³/mol. The largest absolute Gasteiger partial charge is 0.466 e. The lowest BCUT2D eigenvalue weighted by molar-refractivity contribution is -0.913. The summed E-state index contributed by atoms with van der Waals surface area (Å²) in [6.07, 6.45) is 2.04. The molecule has 0 saturated heterocycles. The van der Waals surface area contributed by atoms with Gasteiger partial charge in [0.1, 0.15) is 24.1 Å². The van der Waals surface area contributed by atoms with Crippen molar-refractivity contribution in [2.75, 3.05) is 13.1 Å². The van der Waals surface area contributed by atoms with Crippen molar-refractivity contribution in [1.29, 1.82) is 15.8 Å². The molecule has 1 aliphatic heterocycles. The molecule has 2 aliphatic rings. The number of furan rings is 1. The minimum Gasteiger partial charge on any atom is -0.466 e. The summed E-state index contributed by atoms with van der Waals surface area (Å²) >= 11 is 0. The van der Waals surface area contributed by atoms with Crippen molar-refractivity contribution in [1.82, 2.24) is 0 Å². The fraction of sp³-hybridized carbons (Fsp3) is 0.292. The Bertz CT molecular complexity index is 1140. The molecule has 0 amide bonds. The van der Waals surface area contributed by atoms with Crippen molar-refractivity contribution >= 4 is 0 Å². The number of allylic oxidation sites excluding steroid dienone is 2. The zero-order chi connectivity index (χ0) is 21.3. The van der Waals surface area contributed by atoms with Crippen LogP contribution < -0.4 is 10.6 Å². The van der Waals surface area contributed by atoms with E-state index in [1.165, 1.54) is 10.5 Å². The Labute approximate surface area is 175 Å². The van der Waals surface area contributed by atoms with Gasteiger partial charge in [0.2, 0.25) is 0 Å². The normalized spacial score (nSPS) is 24.7. The third kappa shape index (κ3) is 2.98. The van der Waals surface area contributed by atoms with E-state index in [0.717, 1.165) is 18.7 Å². The first-order valence-electron chi connectivity index (χ1n) is 9.91. The second-order valence-corrected chi connectivity index (χ2v) is 7.94. The molecule has 3 N–H and O–H groups in total. The molecule has 6 heteroatoms. The number of nitrogens with two attached hydrogens (primary N) is 1. The highest BCUT2D eigenvalue weighted by Gasteiger charge is 2.56. The van der Waals surface area contributed by atoms with Gasteiger partial charge in [-0.05, 0) is 30.7 Å². The van der Waals surface area contributed by atoms with E-state index in [2.05, 4.69) is 30.3 Å². The molecule has 1 aromatic heterocycles. The highest BCUT2D eigenvalue weighted by molar-refractivity contribution is 5.58. The average Bonchev–Trinajstić information content (AvgIpc) is 3.19. The molecule has 6 nitrogen and oxygen atoms in total. The quantitative estimate of drug-likeness (QED) is 0.824. The van der Waals surface area contributed by atoms with Gasteiger partial charge in [-0.25, -0.2) is 0 Å². The van der Waals surface area contributed by atoms with E-state index in [-0.39, 0.29) is 17.2 Å². The van der Waals surface area contributed by atoms with Gasteiger partial charge in [0.15, 0.2) is 5.41 Å². The molecule has 4 rings (SSSR count). The van der Waals surface area contributed by atoms with Crippen LogP contribution in [-0.4, -0.2) is 13.1 Å². The van der Waals surface area contributed by atoms with Crippen LogP contribution >= 0.6 is 0 Å². The van der Waals surface area contributed by atoms with E-state index < -0.39 is 11.3 Å². The number of hydrogen-bond donors (Lipinski definition) is 2. The number of nitrogens with zero attached hydrogens (tertiary/aromatic N) is 3. The van der Waals surface area contributed by atoms with Crippen LogP contribution in [0.3, 0.4) is 0 Å². The number of aryl methyl sites for hydroxylation is 1. The molecule has 1 unspecified atom stereocenters. The first-order chi connectivity index (χ1) is 14.5. The lowest BCUT2D eigenvalue weighted by atomic mass is 9.59. The maximum atomic E-state index is 10.1. The first kappa shape index (κ1) is 19.5. The highest BCUT2D eigenvalue weighted by atomic mass is 16.3. The lowest BCUT2D eigenvalue weighted by Gasteiger charge is -2.43. The van der Waals surface area contributed by atoms with Crippen LogP contribution in [0.2, 0.25) is 0 Å². The van der Waals surface area contributed by atoms with E-state index >= 15 is 0 Å². The summed E-state index contributed by atoms with van der Waals surface area (Å²) in [4.78, 5) is 1.30. The molecule has 1 aliphatic carbocycles. The minimum absolute atomic E-state index is 0.0306. The van der Waals surface area contributed by atoms with Crippen LogP contribution in [0.5, 0.6) is 0 Å². The van der Waals surface area contributed by atoms with E-state index in [0.29, 0.717) is 18.1 Å². The van der Waals surface area contributed by atoms with Gasteiger partial charge in [0.05, 0.1) is 42.4 Å². The van der Waals surface area contributed by atoms with Crippen molar-refractivity contribution < 1.29 is 9.32 Å². The Morgan fingerprint density at radius 3 is 2.47 bits per heavy atom. The van der Waals surface area contributed by atoms with Gasteiger partial charge >= 0.3 is 0 Å². The van der Waals surface area contributed by atoms with Crippen molar-refractivity contribution in [3.63, 3.8) is 0 Å². The molecule has 3 atom stereocenters. The summed E-state index contributed by atoms with van der Waals surface area (Å²) in [5.74, 6) is 0.477. The van der Waals surface area contributed by atoms with Gasteiger partial charge in [-0.1, -0.05) is 30.3 Å². The molecule has 0 spiro atoms. The summed E-state index contributed by atoms with van der Waals surface area (Å²) in [6.45, 7) is 4.07. The summed E-state index contributed by atoms with van der Waals surface area (Å²) in [7, 11) is 0. The Balaban J connectivity index is 1.83. The monoisotopic (exact) mass is 396 g/mol. The molecule has 0 radical (unpaired) electrons. The van der Waals surface area contributed by atoms with Crippen LogP contribution in [0, 0.1) is 52.2 Å². The Morgan fingerprint density at radius 2 is 1.87 bits per heavy atom. The summed E-state index contributed by atoms with van der Waals surface area (Å²) < 4.78 is 5.90. The zero-order valence-corrected chi connectivity index (χ0v) is 16.7. The molecule has 2 heterocycles. The molecular weight excluding hydrogens is 374 g/mol. The minimum atomic E-state index is -1.65. The van der Waals surface area contributed by atoms with Crippen LogP contribution in [0.1, 0.15) is 23.0 Å². The molecule has 0 bridgehead atoms. The smallest absolute Gasteiger partial charge is 0.194 e. The summed E-state index contributed by atoms with van der Waals surface area (Å²) in [5, 5.41) is 30.0. The Morgan fingerprint density at radius 1 is 1.13 bits per heavy atom. The van der Waals surface area contributed by atoms with Crippen LogP contribution in [0.15, 0.2) is 69.8 Å². The van der Waals surface area contributed by atoms with Crippen LogP contribution in [0.25, 0.3) is 0 Å². The zero-order valence-electron chi connectivity index (χ0n) is 16.7. The second-order valence-electron chi connectivity index (χ2n) is 7.94. The van der Waals surface area contributed by atoms with Gasteiger partial charge in [0, 0.05) is 11.5 Å². The third-order valence-corrected chi connectivity index (χ3v) is 6.20. The number of hydrogen-bond acceptors (Lipinski definition) is 5. The van der Waals surface area contributed by atoms with Crippen molar-refractivity contribution in [2.24, 2.45) is 17.1 Å². The number of nitriles is 3. The Hall–Kier alpha value is -3.79. The van der Waals surface area contributed by atoms with Crippen molar-refractivity contribution in [3.8, 4) is 18.2 Å². The topological polar surface area (TPSA) is 115 Å². The number of rotatable bonds is 3. The number of nitrogens with one attached hydrogen (secondary N) is 1. The second kappa shape index (κ2) is 7.56. The van der Waals surface area contributed by atoms with Gasteiger partial charge in [-0.15, -0.1) is 0 Å². The van der Waals surface area contributed by atoms with E-state index in [1.54, 1.807) is 0 Å². The predicted octanol–water partition coefficient (Wildman–Crippen LogP) is 2.10.